The molecular weight excluding hydrogens is 816 g/mol. The van der Waals surface area contributed by atoms with Crippen LogP contribution in [-0.2, 0) is 71.2 Å². The molecule has 4 aliphatic heterocycles. The van der Waals surface area contributed by atoms with Crippen molar-refractivity contribution in [1.29, 1.82) is 0 Å². The van der Waals surface area contributed by atoms with Gasteiger partial charge in [-0.25, -0.2) is 14.4 Å². The molecule has 4 aliphatic rings. The van der Waals surface area contributed by atoms with Crippen molar-refractivity contribution < 1.29 is 133 Å². The summed E-state index contributed by atoms with van der Waals surface area (Å²) in [5, 5.41) is 125. The lowest BCUT2D eigenvalue weighted by Gasteiger charge is -2.49. The van der Waals surface area contributed by atoms with Crippen LogP contribution in [0.4, 0.5) is 0 Å². The number of rotatable bonds is 21. The molecule has 0 spiro atoms. The molecule has 27 heteroatoms. The molecule has 342 valence electrons. The molecular formula is C32H52O27. The van der Waals surface area contributed by atoms with Gasteiger partial charge in [0.1, 0.15) is 117 Å². The van der Waals surface area contributed by atoms with Gasteiger partial charge in [0.05, 0.1) is 26.4 Å². The lowest BCUT2D eigenvalue weighted by atomic mass is 9.95. The Morgan fingerprint density at radius 1 is 0.441 bits per heavy atom. The Balaban J connectivity index is 1.51. The molecule has 4 saturated heterocycles. The van der Waals surface area contributed by atoms with Crippen LogP contribution >= 0.6 is 0 Å². The third-order valence-electron chi connectivity index (χ3n) is 9.69. The zero-order chi connectivity index (χ0) is 43.7. The van der Waals surface area contributed by atoms with Gasteiger partial charge in [0.15, 0.2) is 25.2 Å². The lowest BCUT2D eigenvalue weighted by Crippen LogP contribution is -2.68. The van der Waals surface area contributed by atoms with E-state index in [-0.39, 0.29) is 0 Å². The summed E-state index contributed by atoms with van der Waals surface area (Å²) in [4.78, 5) is 33.5. The van der Waals surface area contributed by atoms with Crippen molar-refractivity contribution in [2.24, 2.45) is 0 Å². The maximum atomic E-state index is 11.5. The van der Waals surface area contributed by atoms with Crippen LogP contribution in [0.2, 0.25) is 0 Å². The van der Waals surface area contributed by atoms with E-state index in [0.717, 1.165) is 7.11 Å². The molecule has 0 aromatic rings. The van der Waals surface area contributed by atoms with Crippen LogP contribution in [0.25, 0.3) is 0 Å². The van der Waals surface area contributed by atoms with Gasteiger partial charge in [-0.05, 0) is 0 Å². The molecule has 0 saturated carbocycles. The molecule has 4 rings (SSSR count). The van der Waals surface area contributed by atoms with E-state index >= 15 is 0 Å². The van der Waals surface area contributed by atoms with Crippen LogP contribution in [0.3, 0.4) is 0 Å². The first-order valence-electron chi connectivity index (χ1n) is 18.0. The summed E-state index contributed by atoms with van der Waals surface area (Å²) in [5.74, 6) is -4.22. The minimum atomic E-state index is -2.12. The summed E-state index contributed by atoms with van der Waals surface area (Å²) in [5.41, 5.74) is 0. The monoisotopic (exact) mass is 868 g/mol. The number of aliphatic carboxylic acids is 3. The topological polar surface area (TPSA) is 405 Å². The minimum Gasteiger partial charge on any atom is -0.480 e. The predicted octanol–water partition coefficient (Wildman–Crippen LogP) is -8.11. The van der Waals surface area contributed by atoms with Crippen LogP contribution in [0, 0.1) is 0 Å². The van der Waals surface area contributed by atoms with Gasteiger partial charge in [0.2, 0.25) is 0 Å². The van der Waals surface area contributed by atoms with Crippen LogP contribution in [0.15, 0.2) is 0 Å². The molecule has 0 radical (unpaired) electrons. The Bertz CT molecular complexity index is 1330. The highest BCUT2D eigenvalue weighted by molar-refractivity contribution is 5.68. The number of aliphatic hydroxyl groups is 9. The molecule has 0 aromatic carbocycles. The number of hydrogen-bond donors (Lipinski definition) is 12. The second-order valence-corrected chi connectivity index (χ2v) is 13.7. The second kappa shape index (κ2) is 22.6. The van der Waals surface area contributed by atoms with E-state index in [9.17, 15) is 65.4 Å². The fourth-order valence-electron chi connectivity index (χ4n) is 6.83. The van der Waals surface area contributed by atoms with E-state index in [0.29, 0.717) is 0 Å². The maximum absolute atomic E-state index is 11.5. The zero-order valence-electron chi connectivity index (χ0n) is 31.5. The molecule has 12 N–H and O–H groups in total. The summed E-state index contributed by atoms with van der Waals surface area (Å²) in [6.45, 7) is -5.64. The van der Waals surface area contributed by atoms with Gasteiger partial charge in [0, 0.05) is 14.2 Å². The average Bonchev–Trinajstić information content (AvgIpc) is 3.19. The highest BCUT2D eigenvalue weighted by Gasteiger charge is 2.56. The Morgan fingerprint density at radius 2 is 0.814 bits per heavy atom. The van der Waals surface area contributed by atoms with Gasteiger partial charge in [0.25, 0.3) is 0 Å². The minimum absolute atomic E-state index is 0.464. The van der Waals surface area contributed by atoms with Gasteiger partial charge >= 0.3 is 17.9 Å². The summed E-state index contributed by atoms with van der Waals surface area (Å²) < 4.78 is 65.6. The van der Waals surface area contributed by atoms with E-state index in [1.807, 2.05) is 0 Å². The average molecular weight is 869 g/mol. The number of carboxylic acid groups (broad SMARTS) is 3. The summed E-state index contributed by atoms with van der Waals surface area (Å²) in [6.07, 6.45) is -34.9. The lowest BCUT2D eigenvalue weighted by molar-refractivity contribution is -0.390. The third kappa shape index (κ3) is 12.1. The quantitative estimate of drug-likeness (QED) is 0.0510. The standard InChI is InChI=1S/C32H52O27/c1-48-24-12(5-50-7-14(35)36)56-31(21(45)17(24)41)57-25-10(3-33)53-30(22(46)19(25)43)58-26-11(4-34)54-32(28(23(26)47)52-9-16(39)40)59-27-13(6-51-8-15(37)38)55-29(49-2)20(44)18(27)42/h10-13,17-34,41-47H,3-9H2,1-2H3,(H,35,36)(H,37,38)(H,39,40)/t10-,11?,12?,13-,17?,18?,19?,20?,21-,22?,23?,24+,25+,26+,27+,28-,29+,30-,31-,32-/m0/s1. The van der Waals surface area contributed by atoms with Crippen molar-refractivity contribution in [1.82, 2.24) is 0 Å². The Morgan fingerprint density at radius 3 is 1.27 bits per heavy atom. The molecule has 4 fully saturated rings. The number of ether oxygens (including phenoxy) is 12. The number of hydrogen-bond acceptors (Lipinski definition) is 24. The molecule has 27 nitrogen and oxygen atoms in total. The Labute approximate surface area is 333 Å². The van der Waals surface area contributed by atoms with E-state index < -0.39 is 187 Å². The van der Waals surface area contributed by atoms with E-state index in [1.165, 1.54) is 7.11 Å². The zero-order valence-corrected chi connectivity index (χ0v) is 31.5. The summed E-state index contributed by atoms with van der Waals surface area (Å²) >= 11 is 0. The van der Waals surface area contributed by atoms with E-state index in [4.69, 9.17) is 67.1 Å². The van der Waals surface area contributed by atoms with E-state index in [1.54, 1.807) is 0 Å². The Hall–Kier alpha value is -2.43. The van der Waals surface area contributed by atoms with Gasteiger partial charge in [-0.3, -0.25) is 0 Å². The van der Waals surface area contributed by atoms with Gasteiger partial charge < -0.3 is 118 Å². The summed E-state index contributed by atoms with van der Waals surface area (Å²) in [7, 11) is 2.31. The highest BCUT2D eigenvalue weighted by Crippen LogP contribution is 2.35. The van der Waals surface area contributed by atoms with Crippen LogP contribution in [-0.4, -0.2) is 262 Å². The van der Waals surface area contributed by atoms with Crippen molar-refractivity contribution in [2.45, 2.75) is 123 Å². The molecule has 0 aliphatic carbocycles. The molecule has 0 amide bonds. The number of carboxylic acids is 3. The SMILES string of the molecule is CO[C@@H]1O[C@@H](COCC(=O)O)[C@@H](O[C@@H]2OC(CO)[C@@H](O[C@@H]3O[C@@H](CO)[C@@H](O[C@@H]4OC(COCC(=O)O)[C@@H](OC)C(O)[C@@H]4O)C(O)C3O)C(O)[C@@H]2OCC(=O)O)C(O)C1O. The van der Waals surface area contributed by atoms with Crippen LogP contribution < -0.4 is 0 Å². The van der Waals surface area contributed by atoms with Crippen LogP contribution in [0.5, 0.6) is 0 Å². The first-order chi connectivity index (χ1) is 28.0. The molecule has 59 heavy (non-hydrogen) atoms. The number of aliphatic hydroxyl groups excluding tert-OH is 9. The van der Waals surface area contributed by atoms with E-state index in [2.05, 4.69) is 0 Å². The first-order valence-corrected chi connectivity index (χ1v) is 18.0. The molecule has 20 atom stereocenters. The second-order valence-electron chi connectivity index (χ2n) is 13.7. The highest BCUT2D eigenvalue weighted by atomic mass is 16.8. The third-order valence-corrected chi connectivity index (χ3v) is 9.69. The number of carbonyl (C=O) groups is 3. The molecule has 4 heterocycles. The van der Waals surface area contributed by atoms with Crippen molar-refractivity contribution >= 4 is 17.9 Å². The van der Waals surface area contributed by atoms with Crippen molar-refractivity contribution in [2.75, 3.05) is 60.5 Å². The van der Waals surface area contributed by atoms with Gasteiger partial charge in [-0.15, -0.1) is 0 Å². The van der Waals surface area contributed by atoms with Gasteiger partial charge in [-0.2, -0.15) is 0 Å². The normalized spacial score (nSPS) is 43.0. The summed E-state index contributed by atoms with van der Waals surface area (Å²) in [6, 6.07) is 0. The van der Waals surface area contributed by atoms with Crippen LogP contribution in [0.1, 0.15) is 0 Å². The maximum Gasteiger partial charge on any atom is 0.329 e. The van der Waals surface area contributed by atoms with Crippen molar-refractivity contribution in [3.8, 4) is 0 Å². The van der Waals surface area contributed by atoms with Crippen molar-refractivity contribution in [3.05, 3.63) is 0 Å². The largest absolute Gasteiger partial charge is 0.480 e. The fraction of sp³-hybridized carbons (Fsp3) is 0.906. The molecule has 0 aromatic heterocycles. The van der Waals surface area contributed by atoms with Gasteiger partial charge in [-0.1, -0.05) is 0 Å². The molecule has 8 unspecified atom stereocenters. The smallest absolute Gasteiger partial charge is 0.329 e. The fourth-order valence-corrected chi connectivity index (χ4v) is 6.83. The van der Waals surface area contributed by atoms with Crippen molar-refractivity contribution in [3.63, 3.8) is 0 Å². The predicted molar refractivity (Wildman–Crippen MR) is 178 cm³/mol. The Kier molecular flexibility index (Phi) is 18.9. The number of methoxy groups -OCH3 is 2. The first kappa shape index (κ1) is 49.2. The molecule has 0 bridgehead atoms.